The van der Waals surface area contributed by atoms with Crippen molar-refractivity contribution >= 4 is 62.2 Å². The Morgan fingerprint density at radius 1 is 0.964 bits per heavy atom. The topological polar surface area (TPSA) is 136 Å². The summed E-state index contributed by atoms with van der Waals surface area (Å²) in [6.07, 6.45) is 6.77. The molecule has 1 aromatic heterocycles. The Hall–Kier alpha value is -4.05. The van der Waals surface area contributed by atoms with Crippen LogP contribution in [0.3, 0.4) is 0 Å². The Kier molecular flexibility index (Phi) is 13.1. The lowest BCUT2D eigenvalue weighted by Gasteiger charge is -2.44. The number of nitrogens with zero attached hydrogens (tertiary/aromatic N) is 7. The van der Waals surface area contributed by atoms with Gasteiger partial charge in [-0.2, -0.15) is 4.98 Å². The molecule has 0 spiro atoms. The molecular weight excluding hydrogens is 754 g/mol. The summed E-state index contributed by atoms with van der Waals surface area (Å²) in [7, 11) is -0.337. The van der Waals surface area contributed by atoms with Gasteiger partial charge in [0.1, 0.15) is 16.4 Å². The zero-order chi connectivity index (χ0) is 40.2. The number of methoxy groups -OCH3 is 1. The molecule has 0 aliphatic carbocycles. The highest BCUT2D eigenvalue weighted by molar-refractivity contribution is 7.92. The first kappa shape index (κ1) is 41.6. The molecule has 4 heterocycles. The number of anilines is 6. The number of amides is 1. The van der Waals surface area contributed by atoms with Crippen molar-refractivity contribution in [2.24, 2.45) is 5.92 Å². The summed E-state index contributed by atoms with van der Waals surface area (Å²) in [5.41, 5.74) is 3.52. The molecule has 2 N–H and O–H groups in total. The summed E-state index contributed by atoms with van der Waals surface area (Å²) in [6, 6.07) is 11.8. The van der Waals surface area contributed by atoms with Gasteiger partial charge in [0.25, 0.3) is 0 Å². The molecule has 0 unspecified atom stereocenters. The number of nitrogens with one attached hydrogen (secondary N) is 2. The van der Waals surface area contributed by atoms with Crippen LogP contribution in [0.5, 0.6) is 5.75 Å². The molecule has 6 rings (SSSR count). The molecule has 3 aliphatic heterocycles. The van der Waals surface area contributed by atoms with Gasteiger partial charge >= 0.3 is 6.09 Å². The van der Waals surface area contributed by atoms with E-state index in [2.05, 4.69) is 54.4 Å². The van der Waals surface area contributed by atoms with Crippen LogP contribution in [0.15, 0.2) is 42.6 Å². The summed E-state index contributed by atoms with van der Waals surface area (Å²) in [6.45, 7) is 16.9. The maximum absolute atomic E-state index is 12.5. The summed E-state index contributed by atoms with van der Waals surface area (Å²) in [4.78, 5) is 31.1. The molecule has 0 atom stereocenters. The number of ether oxygens (including phenoxy) is 2. The fourth-order valence-electron chi connectivity index (χ4n) is 7.85. The first-order valence-corrected chi connectivity index (χ1v) is 21.8. The molecule has 14 nitrogen and oxygen atoms in total. The van der Waals surface area contributed by atoms with E-state index < -0.39 is 15.6 Å². The van der Waals surface area contributed by atoms with Crippen molar-refractivity contribution in [3.05, 3.63) is 53.2 Å². The van der Waals surface area contributed by atoms with Crippen LogP contribution in [-0.2, 0) is 14.8 Å². The summed E-state index contributed by atoms with van der Waals surface area (Å²) in [5.74, 6) is 1.94. The first-order valence-electron chi connectivity index (χ1n) is 19.6. The number of sulfonamides is 1. The Balaban J connectivity index is 1.01. The SMILES string of the molecule is COc1cc(N2CCC(N3CCN(CC4CCN(C(=O)OC(C)(C)C)CC4)CC3)CC2)c(C)cc1Nc1ncc(Cl)c(Nc2ccccc2N(C)S(C)(=O)=O)n1. The van der Waals surface area contributed by atoms with Crippen LogP contribution < -0.4 is 24.6 Å². The molecule has 16 heteroatoms. The van der Waals surface area contributed by atoms with Gasteiger partial charge in [-0.15, -0.1) is 0 Å². The van der Waals surface area contributed by atoms with Crippen LogP contribution in [-0.4, -0.2) is 130 Å². The smallest absolute Gasteiger partial charge is 0.410 e. The quantitative estimate of drug-likeness (QED) is 0.217. The minimum atomic E-state index is -3.49. The van der Waals surface area contributed by atoms with Gasteiger partial charge in [0.2, 0.25) is 16.0 Å². The third-order valence-electron chi connectivity index (χ3n) is 11.0. The third kappa shape index (κ3) is 10.5. The zero-order valence-electron chi connectivity index (χ0n) is 33.8. The van der Waals surface area contributed by atoms with Gasteiger partial charge in [-0.05, 0) is 83.1 Å². The number of piperazine rings is 1. The van der Waals surface area contributed by atoms with Gasteiger partial charge in [-0.25, -0.2) is 18.2 Å². The predicted molar refractivity (Wildman–Crippen MR) is 225 cm³/mol. The summed E-state index contributed by atoms with van der Waals surface area (Å²) in [5, 5.41) is 6.76. The maximum Gasteiger partial charge on any atom is 0.410 e. The average molecular weight is 812 g/mol. The maximum atomic E-state index is 12.5. The number of halogens is 1. The average Bonchev–Trinajstić information content (AvgIpc) is 3.16. The second kappa shape index (κ2) is 17.6. The standard InChI is InChI=1S/C40H58ClN9O5S/c1-28-24-33(44-38-42-26-31(41)37(45-38)43-32-10-8-9-11-34(32)46(5)56(7,52)53)36(54-6)25-35(28)49-18-14-30(15-19-49)48-22-20-47(21-23-48)27-29-12-16-50(17-13-29)39(51)55-40(2,3)4/h8-11,24-26,29-30H,12-23,27H2,1-7H3,(H2,42,43,44,45). The highest BCUT2D eigenvalue weighted by Gasteiger charge is 2.31. The summed E-state index contributed by atoms with van der Waals surface area (Å²) >= 11 is 6.49. The van der Waals surface area contributed by atoms with Gasteiger partial charge in [-0.3, -0.25) is 9.21 Å². The summed E-state index contributed by atoms with van der Waals surface area (Å²) < 4.78 is 37.2. The van der Waals surface area contributed by atoms with E-state index in [9.17, 15) is 13.2 Å². The largest absolute Gasteiger partial charge is 0.494 e. The van der Waals surface area contributed by atoms with Crippen LogP contribution in [0, 0.1) is 12.8 Å². The van der Waals surface area contributed by atoms with E-state index in [1.807, 2.05) is 25.7 Å². The number of aromatic nitrogens is 2. The fourth-order valence-corrected chi connectivity index (χ4v) is 8.51. The van der Waals surface area contributed by atoms with E-state index in [4.69, 9.17) is 21.1 Å². The number of rotatable bonds is 11. The molecule has 3 fully saturated rings. The lowest BCUT2D eigenvalue weighted by molar-refractivity contribution is 0.0152. The van der Waals surface area contributed by atoms with Gasteiger partial charge in [0.15, 0.2) is 5.82 Å². The highest BCUT2D eigenvalue weighted by Crippen LogP contribution is 2.37. The Morgan fingerprint density at radius 2 is 1.64 bits per heavy atom. The van der Waals surface area contributed by atoms with E-state index in [1.54, 1.807) is 31.4 Å². The van der Waals surface area contributed by atoms with Gasteiger partial charge in [-0.1, -0.05) is 23.7 Å². The fraction of sp³-hybridized carbons (Fsp3) is 0.575. The minimum Gasteiger partial charge on any atom is -0.494 e. The normalized spacial score (nSPS) is 18.1. The number of piperidine rings is 2. The van der Waals surface area contributed by atoms with Gasteiger partial charge in [0.05, 0.1) is 36.6 Å². The second-order valence-electron chi connectivity index (χ2n) is 16.2. The molecule has 2 aromatic carbocycles. The van der Waals surface area contributed by atoms with Crippen molar-refractivity contribution in [1.29, 1.82) is 0 Å². The number of hydrogen-bond donors (Lipinski definition) is 2. The van der Waals surface area contributed by atoms with Crippen molar-refractivity contribution in [1.82, 2.24) is 24.7 Å². The van der Waals surface area contributed by atoms with Gasteiger partial charge in [0, 0.05) is 83.7 Å². The Bertz CT molecular complexity index is 1940. The second-order valence-corrected chi connectivity index (χ2v) is 18.6. The monoisotopic (exact) mass is 811 g/mol. The first-order chi connectivity index (χ1) is 26.6. The van der Waals surface area contributed by atoms with E-state index in [0.717, 1.165) is 108 Å². The van der Waals surface area contributed by atoms with E-state index in [-0.39, 0.29) is 11.1 Å². The van der Waals surface area contributed by atoms with Crippen molar-refractivity contribution in [2.75, 3.05) is 99.2 Å². The molecule has 3 saturated heterocycles. The lowest BCUT2D eigenvalue weighted by atomic mass is 9.96. The minimum absolute atomic E-state index is 0.185. The molecule has 56 heavy (non-hydrogen) atoms. The van der Waals surface area contributed by atoms with E-state index in [0.29, 0.717) is 40.9 Å². The highest BCUT2D eigenvalue weighted by atomic mass is 35.5. The molecule has 1 amide bonds. The molecule has 0 radical (unpaired) electrons. The predicted octanol–water partition coefficient (Wildman–Crippen LogP) is 6.56. The Labute approximate surface area is 337 Å². The molecule has 3 aliphatic rings. The lowest BCUT2D eigenvalue weighted by Crippen LogP contribution is -2.54. The zero-order valence-corrected chi connectivity index (χ0v) is 35.4. The van der Waals surface area contributed by atoms with Crippen molar-refractivity contribution in [3.63, 3.8) is 0 Å². The van der Waals surface area contributed by atoms with Crippen LogP contribution in [0.1, 0.15) is 52.0 Å². The van der Waals surface area contributed by atoms with Crippen LogP contribution in [0.4, 0.5) is 39.3 Å². The number of hydrogen-bond acceptors (Lipinski definition) is 12. The van der Waals surface area contributed by atoms with Crippen LogP contribution in [0.25, 0.3) is 0 Å². The Morgan fingerprint density at radius 3 is 2.29 bits per heavy atom. The van der Waals surface area contributed by atoms with E-state index >= 15 is 0 Å². The van der Waals surface area contributed by atoms with Crippen LogP contribution >= 0.6 is 11.6 Å². The molecule has 0 bridgehead atoms. The van der Waals surface area contributed by atoms with Crippen molar-refractivity contribution in [3.8, 4) is 5.75 Å². The van der Waals surface area contributed by atoms with E-state index in [1.165, 1.54) is 17.5 Å². The number of likely N-dealkylation sites (tertiary alicyclic amines) is 1. The number of aryl methyl sites for hydroxylation is 1. The number of para-hydroxylation sites is 2. The van der Waals surface area contributed by atoms with Crippen molar-refractivity contribution < 1.29 is 22.7 Å². The number of carbonyl (C=O) groups is 1. The number of carbonyl (C=O) groups excluding carboxylic acids is 1. The number of benzene rings is 2. The molecule has 306 valence electrons. The molecule has 0 saturated carbocycles. The third-order valence-corrected chi connectivity index (χ3v) is 12.5. The van der Waals surface area contributed by atoms with Crippen LogP contribution in [0.2, 0.25) is 5.02 Å². The molecular formula is C40H58ClN9O5S. The van der Waals surface area contributed by atoms with Crippen molar-refractivity contribution in [2.45, 2.75) is 65.0 Å². The molecule has 3 aromatic rings. The van der Waals surface area contributed by atoms with Gasteiger partial charge < -0.3 is 34.8 Å².